The quantitative estimate of drug-likeness (QED) is 0.389. The van der Waals surface area contributed by atoms with Crippen LogP contribution in [-0.2, 0) is 11.1 Å². The monoisotopic (exact) mass is 346 g/mol. The molecule has 0 aromatic heterocycles. The van der Waals surface area contributed by atoms with E-state index >= 15 is 0 Å². The maximum atomic E-state index is 13.1. The fourth-order valence-corrected chi connectivity index (χ4v) is 3.11. The minimum absolute atomic E-state index is 0.386. The summed E-state index contributed by atoms with van der Waals surface area (Å²) in [6.45, 7) is 0. The highest BCUT2D eigenvalue weighted by Gasteiger charge is 2.37. The van der Waals surface area contributed by atoms with E-state index in [1.165, 1.54) is 6.07 Å². The summed E-state index contributed by atoms with van der Waals surface area (Å²) in [7, 11) is 0. The van der Waals surface area contributed by atoms with Crippen molar-refractivity contribution in [1.82, 2.24) is 0 Å². The Morgan fingerprint density at radius 3 is 1.42 bits per heavy atom. The van der Waals surface area contributed by atoms with E-state index in [-0.39, 0.29) is 0 Å². The summed E-state index contributed by atoms with van der Waals surface area (Å²) in [5.41, 5.74) is 1.11. The van der Waals surface area contributed by atoms with Gasteiger partial charge < -0.3 is 0 Å². The lowest BCUT2D eigenvalue weighted by atomic mass is 9.83. The summed E-state index contributed by atoms with van der Waals surface area (Å²) in [5.74, 6) is 0. The Morgan fingerprint density at radius 1 is 0.542 bits per heavy atom. The van der Waals surface area contributed by atoms with E-state index in [9.17, 15) is 13.2 Å². The Morgan fingerprint density at radius 2 is 0.958 bits per heavy atom. The maximum absolute atomic E-state index is 13.1. The smallest absolute Gasteiger partial charge is 0.166 e. The molecule has 0 aliphatic carbocycles. The zero-order chi connectivity index (χ0) is 17.2. The van der Waals surface area contributed by atoms with Crippen molar-refractivity contribution in [3.05, 3.63) is 107 Å². The van der Waals surface area contributed by atoms with Gasteiger partial charge in [0, 0.05) is 0 Å². The van der Waals surface area contributed by atoms with E-state index in [0.717, 1.165) is 23.3 Å². The fourth-order valence-electron chi connectivity index (χ4n) is 2.75. The number of benzene rings is 3. The van der Waals surface area contributed by atoms with Gasteiger partial charge in [0.05, 0.1) is 5.56 Å². The SMILES string of the molecule is FC(F)(F)c1cccc(C(Cl)(c2ccccc2)c2ccccc2)c1. The predicted octanol–water partition coefficient (Wildman–Crippen LogP) is 6.24. The first-order valence-electron chi connectivity index (χ1n) is 7.40. The molecule has 4 heteroatoms. The highest BCUT2D eigenvalue weighted by Crippen LogP contribution is 2.44. The van der Waals surface area contributed by atoms with Crippen molar-refractivity contribution >= 4 is 11.6 Å². The number of hydrogen-bond donors (Lipinski definition) is 0. The van der Waals surface area contributed by atoms with Crippen LogP contribution < -0.4 is 0 Å². The van der Waals surface area contributed by atoms with E-state index < -0.39 is 16.6 Å². The minimum Gasteiger partial charge on any atom is -0.166 e. The van der Waals surface area contributed by atoms with Crippen molar-refractivity contribution in [2.45, 2.75) is 11.1 Å². The first kappa shape index (κ1) is 16.6. The van der Waals surface area contributed by atoms with Gasteiger partial charge in [0.25, 0.3) is 0 Å². The molecule has 0 amide bonds. The largest absolute Gasteiger partial charge is 0.416 e. The van der Waals surface area contributed by atoms with Crippen LogP contribution in [0.15, 0.2) is 84.9 Å². The van der Waals surface area contributed by atoms with Crippen molar-refractivity contribution in [2.24, 2.45) is 0 Å². The van der Waals surface area contributed by atoms with Crippen molar-refractivity contribution in [2.75, 3.05) is 0 Å². The summed E-state index contributed by atoms with van der Waals surface area (Å²) in [4.78, 5) is -1.19. The zero-order valence-corrected chi connectivity index (χ0v) is 13.4. The first-order chi connectivity index (χ1) is 11.4. The van der Waals surface area contributed by atoms with Crippen molar-refractivity contribution < 1.29 is 13.2 Å². The molecule has 0 N–H and O–H groups in total. The average molecular weight is 347 g/mol. The third-order valence-electron chi connectivity index (χ3n) is 3.93. The normalized spacial score (nSPS) is 12.2. The second-order valence-corrected chi connectivity index (χ2v) is 6.04. The molecule has 0 nitrogen and oxygen atoms in total. The van der Waals surface area contributed by atoms with E-state index in [1.54, 1.807) is 6.07 Å². The highest BCUT2D eigenvalue weighted by atomic mass is 35.5. The predicted molar refractivity (Wildman–Crippen MR) is 90.1 cm³/mol. The summed E-state index contributed by atoms with van der Waals surface area (Å²) in [6, 6.07) is 23.4. The van der Waals surface area contributed by atoms with Gasteiger partial charge in [-0.25, -0.2) is 0 Å². The van der Waals surface area contributed by atoms with Crippen molar-refractivity contribution in [3.63, 3.8) is 0 Å². The van der Waals surface area contributed by atoms with Gasteiger partial charge in [0.1, 0.15) is 4.87 Å². The lowest BCUT2D eigenvalue weighted by molar-refractivity contribution is -0.137. The van der Waals surface area contributed by atoms with Crippen LogP contribution in [0.4, 0.5) is 13.2 Å². The van der Waals surface area contributed by atoms with Crippen LogP contribution in [0.1, 0.15) is 22.3 Å². The van der Waals surface area contributed by atoms with Crippen LogP contribution >= 0.6 is 11.6 Å². The minimum atomic E-state index is -4.42. The molecule has 0 spiro atoms. The lowest BCUT2D eigenvalue weighted by Gasteiger charge is -2.29. The Labute approximate surface area is 143 Å². The molecule has 122 valence electrons. The van der Waals surface area contributed by atoms with Gasteiger partial charge in [-0.2, -0.15) is 13.2 Å². The van der Waals surface area contributed by atoms with Gasteiger partial charge in [0.2, 0.25) is 0 Å². The Kier molecular flexibility index (Phi) is 4.37. The average Bonchev–Trinajstić information content (AvgIpc) is 2.62. The van der Waals surface area contributed by atoms with E-state index in [1.807, 2.05) is 60.7 Å². The Bertz CT molecular complexity index is 772. The second-order valence-electron chi connectivity index (χ2n) is 5.47. The van der Waals surface area contributed by atoms with Crippen molar-refractivity contribution in [3.8, 4) is 0 Å². The fraction of sp³-hybridized carbons (Fsp3) is 0.100. The molecule has 24 heavy (non-hydrogen) atoms. The molecule has 0 heterocycles. The van der Waals surface area contributed by atoms with Gasteiger partial charge in [-0.05, 0) is 28.8 Å². The molecule has 3 aromatic rings. The number of halogens is 4. The molecule has 0 radical (unpaired) electrons. The molecule has 0 aliphatic rings. The molecule has 0 fully saturated rings. The topological polar surface area (TPSA) is 0 Å². The van der Waals surface area contributed by atoms with Crippen LogP contribution in [0.3, 0.4) is 0 Å². The van der Waals surface area contributed by atoms with Gasteiger partial charge in [-0.15, -0.1) is 11.6 Å². The van der Waals surface area contributed by atoms with E-state index in [4.69, 9.17) is 11.6 Å². The summed E-state index contributed by atoms with van der Waals surface area (Å²) >= 11 is 6.97. The van der Waals surface area contributed by atoms with Gasteiger partial charge in [-0.1, -0.05) is 72.8 Å². The molecule has 0 saturated heterocycles. The molecule has 0 atom stereocenters. The molecule has 0 unspecified atom stereocenters. The van der Waals surface area contributed by atoms with E-state index in [0.29, 0.717) is 5.56 Å². The Hall–Kier alpha value is -2.26. The lowest BCUT2D eigenvalue weighted by Crippen LogP contribution is -2.23. The first-order valence-corrected chi connectivity index (χ1v) is 7.78. The molecular formula is C20H14ClF3. The molecule has 3 aromatic carbocycles. The summed E-state index contributed by atoms with van der Waals surface area (Å²) in [5, 5.41) is 0. The van der Waals surface area contributed by atoms with Crippen LogP contribution in [0.5, 0.6) is 0 Å². The third kappa shape index (κ3) is 3.04. The van der Waals surface area contributed by atoms with Gasteiger partial charge in [0.15, 0.2) is 0 Å². The summed E-state index contributed by atoms with van der Waals surface area (Å²) in [6.07, 6.45) is -4.42. The van der Waals surface area contributed by atoms with Gasteiger partial charge in [-0.3, -0.25) is 0 Å². The molecular weight excluding hydrogens is 333 g/mol. The number of rotatable bonds is 3. The van der Waals surface area contributed by atoms with Crippen LogP contribution in [0, 0.1) is 0 Å². The molecule has 0 bridgehead atoms. The second kappa shape index (κ2) is 6.33. The van der Waals surface area contributed by atoms with Crippen LogP contribution in [0.25, 0.3) is 0 Å². The molecule has 0 saturated carbocycles. The standard InChI is InChI=1S/C20H14ClF3/c21-19(15-8-3-1-4-9-15,16-10-5-2-6-11-16)17-12-7-13-18(14-17)20(22,23)24/h1-14H. The van der Waals surface area contributed by atoms with E-state index in [2.05, 4.69) is 0 Å². The van der Waals surface area contributed by atoms with Crippen molar-refractivity contribution in [1.29, 1.82) is 0 Å². The number of hydrogen-bond acceptors (Lipinski definition) is 0. The third-order valence-corrected chi connectivity index (χ3v) is 4.59. The van der Waals surface area contributed by atoms with Crippen LogP contribution in [0.2, 0.25) is 0 Å². The molecule has 0 aliphatic heterocycles. The Balaban J connectivity index is 2.24. The highest BCUT2D eigenvalue weighted by molar-refractivity contribution is 6.28. The van der Waals surface area contributed by atoms with Crippen LogP contribution in [-0.4, -0.2) is 0 Å². The summed E-state index contributed by atoms with van der Waals surface area (Å²) < 4.78 is 39.4. The van der Waals surface area contributed by atoms with Gasteiger partial charge >= 0.3 is 6.18 Å². The maximum Gasteiger partial charge on any atom is 0.416 e. The molecule has 3 rings (SSSR count). The number of alkyl halides is 4. The zero-order valence-electron chi connectivity index (χ0n) is 12.6.